The number of hydrogen-bond acceptors (Lipinski definition) is 3. The highest BCUT2D eigenvalue weighted by Gasteiger charge is 2.48. The van der Waals surface area contributed by atoms with Gasteiger partial charge in [-0.1, -0.05) is 11.6 Å². The molecule has 0 radical (unpaired) electrons. The van der Waals surface area contributed by atoms with Gasteiger partial charge in [-0.15, -0.1) is 0 Å². The fourth-order valence-electron chi connectivity index (χ4n) is 2.34. The predicted octanol–water partition coefficient (Wildman–Crippen LogP) is 1.91. The molecule has 1 atom stereocenters. The molecule has 1 aromatic rings. The normalized spacial score (nSPS) is 25.4. The summed E-state index contributed by atoms with van der Waals surface area (Å²) in [5.74, 6) is -2.43. The van der Waals surface area contributed by atoms with Crippen molar-refractivity contribution in [2.75, 3.05) is 11.5 Å². The lowest BCUT2D eigenvalue weighted by Gasteiger charge is -2.22. The van der Waals surface area contributed by atoms with Crippen LogP contribution >= 0.6 is 11.6 Å². The molecule has 2 rings (SSSR count). The maximum Gasteiger partial charge on any atom is 0.311 e. The largest absolute Gasteiger partial charge is 0.481 e. The van der Waals surface area contributed by atoms with Crippen LogP contribution in [0, 0.1) is 11.2 Å². The first-order chi connectivity index (χ1) is 8.74. The number of carboxylic acid groups (broad SMARTS) is 1. The number of carbonyl (C=O) groups is 1. The van der Waals surface area contributed by atoms with Gasteiger partial charge in [0.1, 0.15) is 5.82 Å². The van der Waals surface area contributed by atoms with E-state index in [0.717, 1.165) is 6.07 Å². The van der Waals surface area contributed by atoms with Gasteiger partial charge in [-0.3, -0.25) is 4.79 Å². The van der Waals surface area contributed by atoms with Crippen LogP contribution in [0.5, 0.6) is 0 Å². The van der Waals surface area contributed by atoms with Crippen LogP contribution in [0.1, 0.15) is 12.0 Å². The molecule has 1 saturated heterocycles. The summed E-state index contributed by atoms with van der Waals surface area (Å²) < 4.78 is 36.7. The molecule has 0 amide bonds. The van der Waals surface area contributed by atoms with Crippen LogP contribution in [0.15, 0.2) is 18.2 Å². The SMILES string of the molecule is O=C(O)C1(Cc2cc(Cl)ccc2F)CCS(=O)(=O)C1. The Balaban J connectivity index is 2.38. The molecule has 1 N–H and O–H groups in total. The quantitative estimate of drug-likeness (QED) is 0.926. The fraction of sp³-hybridized carbons (Fsp3) is 0.417. The third kappa shape index (κ3) is 2.90. The Morgan fingerprint density at radius 2 is 2.16 bits per heavy atom. The van der Waals surface area contributed by atoms with Gasteiger partial charge in [0, 0.05) is 5.02 Å². The van der Waals surface area contributed by atoms with E-state index in [-0.39, 0.29) is 29.2 Å². The zero-order valence-corrected chi connectivity index (χ0v) is 11.5. The average Bonchev–Trinajstić information content (AvgIpc) is 2.61. The number of benzene rings is 1. The Bertz CT molecular complexity index is 629. The van der Waals surface area contributed by atoms with Gasteiger partial charge in [-0.05, 0) is 36.6 Å². The van der Waals surface area contributed by atoms with Crippen LogP contribution in [0.4, 0.5) is 4.39 Å². The van der Waals surface area contributed by atoms with Gasteiger partial charge in [-0.25, -0.2) is 12.8 Å². The second kappa shape index (κ2) is 4.76. The summed E-state index contributed by atoms with van der Waals surface area (Å²) in [5.41, 5.74) is -1.32. The second-order valence-electron chi connectivity index (χ2n) is 4.84. The third-order valence-electron chi connectivity index (χ3n) is 3.38. The van der Waals surface area contributed by atoms with Crippen molar-refractivity contribution in [3.8, 4) is 0 Å². The standard InChI is InChI=1S/C12H12ClFO4S/c13-9-1-2-10(14)8(5-9)6-12(11(15)16)3-4-19(17,18)7-12/h1-2,5H,3-4,6-7H2,(H,15,16). The first-order valence-electron chi connectivity index (χ1n) is 5.62. The minimum atomic E-state index is -3.38. The average molecular weight is 307 g/mol. The number of carboxylic acids is 1. The maximum atomic E-state index is 13.6. The summed E-state index contributed by atoms with van der Waals surface area (Å²) >= 11 is 5.75. The lowest BCUT2D eigenvalue weighted by molar-refractivity contribution is -0.147. The van der Waals surface area contributed by atoms with Crippen molar-refractivity contribution in [2.45, 2.75) is 12.8 Å². The molecule has 1 heterocycles. The fourth-order valence-corrected chi connectivity index (χ4v) is 4.60. The van der Waals surface area contributed by atoms with Crippen LogP contribution in [0.25, 0.3) is 0 Å². The van der Waals surface area contributed by atoms with Gasteiger partial charge < -0.3 is 5.11 Å². The van der Waals surface area contributed by atoms with Crippen molar-refractivity contribution in [3.05, 3.63) is 34.6 Å². The number of hydrogen-bond donors (Lipinski definition) is 1. The van der Waals surface area contributed by atoms with Gasteiger partial charge in [0.05, 0.1) is 16.9 Å². The van der Waals surface area contributed by atoms with Gasteiger partial charge in [-0.2, -0.15) is 0 Å². The highest BCUT2D eigenvalue weighted by molar-refractivity contribution is 7.91. The van der Waals surface area contributed by atoms with E-state index < -0.39 is 32.8 Å². The van der Waals surface area contributed by atoms with Crippen LogP contribution in [-0.2, 0) is 21.1 Å². The molecule has 1 aliphatic heterocycles. The van der Waals surface area contributed by atoms with E-state index >= 15 is 0 Å². The first kappa shape index (κ1) is 14.3. The van der Waals surface area contributed by atoms with Crippen molar-refractivity contribution in [3.63, 3.8) is 0 Å². The maximum absolute atomic E-state index is 13.6. The third-order valence-corrected chi connectivity index (χ3v) is 5.43. The minimum absolute atomic E-state index is 0.00335. The molecule has 1 aliphatic rings. The number of rotatable bonds is 3. The Morgan fingerprint density at radius 1 is 1.47 bits per heavy atom. The van der Waals surface area contributed by atoms with E-state index in [1.807, 2.05) is 0 Å². The number of aliphatic carboxylic acids is 1. The summed E-state index contributed by atoms with van der Waals surface area (Å²) in [6, 6.07) is 3.85. The van der Waals surface area contributed by atoms with E-state index in [1.54, 1.807) is 0 Å². The molecule has 1 aromatic carbocycles. The molecule has 1 fully saturated rings. The van der Waals surface area contributed by atoms with Crippen molar-refractivity contribution in [1.82, 2.24) is 0 Å². The lowest BCUT2D eigenvalue weighted by atomic mass is 9.81. The summed E-state index contributed by atoms with van der Waals surface area (Å²) in [7, 11) is -3.38. The molecule has 19 heavy (non-hydrogen) atoms. The molecule has 0 saturated carbocycles. The van der Waals surface area contributed by atoms with Crippen LogP contribution in [-0.4, -0.2) is 31.0 Å². The van der Waals surface area contributed by atoms with Crippen molar-refractivity contribution >= 4 is 27.4 Å². The molecule has 1 unspecified atom stereocenters. The van der Waals surface area contributed by atoms with Crippen LogP contribution in [0.2, 0.25) is 5.02 Å². The molecular formula is C12H12ClFO4S. The lowest BCUT2D eigenvalue weighted by Crippen LogP contribution is -2.35. The summed E-state index contributed by atoms with van der Waals surface area (Å²) in [6.45, 7) is 0. The Hall–Kier alpha value is -1.14. The van der Waals surface area contributed by atoms with Gasteiger partial charge in [0.25, 0.3) is 0 Å². The van der Waals surface area contributed by atoms with E-state index in [9.17, 15) is 22.7 Å². The molecule has 0 spiro atoms. The van der Waals surface area contributed by atoms with E-state index in [2.05, 4.69) is 0 Å². The Kier molecular flexibility index (Phi) is 3.57. The van der Waals surface area contributed by atoms with Crippen molar-refractivity contribution in [2.24, 2.45) is 5.41 Å². The topological polar surface area (TPSA) is 71.4 Å². The summed E-state index contributed by atoms with van der Waals surface area (Å²) in [4.78, 5) is 11.4. The number of halogens is 2. The number of sulfone groups is 1. The highest BCUT2D eigenvalue weighted by Crippen LogP contribution is 2.37. The molecule has 0 aliphatic carbocycles. The van der Waals surface area contributed by atoms with E-state index in [1.165, 1.54) is 12.1 Å². The second-order valence-corrected chi connectivity index (χ2v) is 7.46. The van der Waals surface area contributed by atoms with Gasteiger partial charge in [0.15, 0.2) is 9.84 Å². The molecule has 4 nitrogen and oxygen atoms in total. The predicted molar refractivity (Wildman–Crippen MR) is 68.5 cm³/mol. The van der Waals surface area contributed by atoms with Crippen LogP contribution < -0.4 is 0 Å². The zero-order chi connectivity index (χ0) is 14.3. The highest BCUT2D eigenvalue weighted by atomic mass is 35.5. The monoisotopic (exact) mass is 306 g/mol. The van der Waals surface area contributed by atoms with Gasteiger partial charge in [0.2, 0.25) is 0 Å². The van der Waals surface area contributed by atoms with E-state index in [0.29, 0.717) is 0 Å². The zero-order valence-electron chi connectivity index (χ0n) is 9.90. The molecule has 0 bridgehead atoms. The molecule has 7 heteroatoms. The smallest absolute Gasteiger partial charge is 0.311 e. The first-order valence-corrected chi connectivity index (χ1v) is 7.82. The van der Waals surface area contributed by atoms with Gasteiger partial charge >= 0.3 is 5.97 Å². The minimum Gasteiger partial charge on any atom is -0.481 e. The van der Waals surface area contributed by atoms with Crippen molar-refractivity contribution < 1.29 is 22.7 Å². The van der Waals surface area contributed by atoms with Crippen LogP contribution in [0.3, 0.4) is 0 Å². The Labute approximate surface area is 115 Å². The molecular weight excluding hydrogens is 295 g/mol. The summed E-state index contributed by atoms with van der Waals surface area (Å²) in [6.07, 6.45) is -0.176. The molecule has 0 aromatic heterocycles. The van der Waals surface area contributed by atoms with Crippen molar-refractivity contribution in [1.29, 1.82) is 0 Å². The summed E-state index contributed by atoms with van der Waals surface area (Å²) in [5, 5.41) is 9.59. The molecule has 104 valence electrons. The van der Waals surface area contributed by atoms with E-state index in [4.69, 9.17) is 11.6 Å². The Morgan fingerprint density at radius 3 is 2.68 bits per heavy atom.